The number of amides is 2. The van der Waals surface area contributed by atoms with Gasteiger partial charge in [-0.1, -0.05) is 78.9 Å². The molecule has 12 nitrogen and oxygen atoms in total. The predicted molar refractivity (Wildman–Crippen MR) is 234 cm³/mol. The number of benzene rings is 4. The zero-order valence-electron chi connectivity index (χ0n) is 34.4. The molecule has 4 aromatic carbocycles. The van der Waals surface area contributed by atoms with Crippen molar-refractivity contribution in [1.29, 1.82) is 0 Å². The van der Waals surface area contributed by atoms with Gasteiger partial charge in [0.2, 0.25) is 11.5 Å². The highest BCUT2D eigenvalue weighted by molar-refractivity contribution is 5.91. The molecule has 1 aromatic heterocycles. The molecule has 0 bridgehead atoms. The molecule has 2 amide bonds. The lowest BCUT2D eigenvalue weighted by Gasteiger charge is -2.22. The summed E-state index contributed by atoms with van der Waals surface area (Å²) in [7, 11) is 0. The Morgan fingerprint density at radius 1 is 0.900 bits per heavy atom. The molecular formula is C48H57N5O7. The van der Waals surface area contributed by atoms with Crippen molar-refractivity contribution in [1.82, 2.24) is 20.1 Å². The van der Waals surface area contributed by atoms with Gasteiger partial charge in [-0.05, 0) is 84.9 Å². The van der Waals surface area contributed by atoms with Gasteiger partial charge < -0.3 is 39.8 Å². The number of hydrogen-bond acceptors (Lipinski definition) is 9. The summed E-state index contributed by atoms with van der Waals surface area (Å²) in [6, 6.07) is 32.6. The Morgan fingerprint density at radius 2 is 1.65 bits per heavy atom. The zero-order chi connectivity index (χ0) is 41.8. The number of para-hydroxylation sites is 1. The number of aromatic hydroxyl groups is 1. The predicted octanol–water partition coefficient (Wildman–Crippen LogP) is 6.52. The second-order valence-electron chi connectivity index (χ2n) is 16.0. The minimum Gasteiger partial charge on any atom is -0.506 e. The third-order valence-electron chi connectivity index (χ3n) is 11.9. The second kappa shape index (κ2) is 20.6. The number of pyridine rings is 1. The van der Waals surface area contributed by atoms with E-state index in [2.05, 4.69) is 44.8 Å². The van der Waals surface area contributed by atoms with Crippen LogP contribution in [-0.2, 0) is 27.1 Å². The van der Waals surface area contributed by atoms with Crippen LogP contribution >= 0.6 is 0 Å². The number of aromatic nitrogens is 1. The maximum absolute atomic E-state index is 12.9. The molecule has 5 N–H and O–H groups in total. The van der Waals surface area contributed by atoms with Crippen molar-refractivity contribution >= 4 is 28.6 Å². The van der Waals surface area contributed by atoms with Crippen molar-refractivity contribution in [3.8, 4) is 16.9 Å². The zero-order valence-corrected chi connectivity index (χ0v) is 34.4. The summed E-state index contributed by atoms with van der Waals surface area (Å²) in [5.74, 6) is 1.06. The van der Waals surface area contributed by atoms with E-state index in [4.69, 9.17) is 9.47 Å². The summed E-state index contributed by atoms with van der Waals surface area (Å²) in [4.78, 5) is 44.5. The standard InChI is InChI=1S/C48H57N5O7/c1-2-53(24-22-49-30-44(55)40-15-17-43(54)47-41(40)16-18-45(56)51-47)46(57)21-26-59-25-20-34-10-8-9-33(27-34)19-23-52-31-36-28-38(29-37(36)32-52)60-48(58)50-42-14-7-6-13-39(42)35-11-4-3-5-12-35/h3-18,27,36-38,44,49,54-55H,2,19-26,28-32H2,1H3,(H,50,58)(H,51,56)/t36?,37?,38?,44-/m0/s1. The first-order valence-corrected chi connectivity index (χ1v) is 21.3. The van der Waals surface area contributed by atoms with Crippen LogP contribution in [-0.4, -0.2) is 102 Å². The quantitative estimate of drug-likeness (QED) is 0.0586. The van der Waals surface area contributed by atoms with E-state index in [9.17, 15) is 24.6 Å². The fourth-order valence-corrected chi connectivity index (χ4v) is 8.78. The van der Waals surface area contributed by atoms with Crippen LogP contribution in [0.4, 0.5) is 10.5 Å². The lowest BCUT2D eigenvalue weighted by molar-refractivity contribution is -0.132. The Morgan fingerprint density at radius 3 is 2.43 bits per heavy atom. The topological polar surface area (TPSA) is 156 Å². The van der Waals surface area contributed by atoms with Crippen molar-refractivity contribution < 1.29 is 29.3 Å². The number of phenolic OH excluding ortho intramolecular Hbond substituents is 1. The van der Waals surface area contributed by atoms with Gasteiger partial charge in [-0.25, -0.2) is 4.79 Å². The highest BCUT2D eigenvalue weighted by Crippen LogP contribution is 2.40. The minimum atomic E-state index is -0.863. The van der Waals surface area contributed by atoms with Crippen LogP contribution in [0, 0.1) is 11.8 Å². The van der Waals surface area contributed by atoms with Crippen molar-refractivity contribution in [3.63, 3.8) is 0 Å². The van der Waals surface area contributed by atoms with Crippen LogP contribution in [0.15, 0.2) is 108 Å². The highest BCUT2D eigenvalue weighted by atomic mass is 16.6. The van der Waals surface area contributed by atoms with Gasteiger partial charge in [0.1, 0.15) is 11.9 Å². The number of aliphatic hydroxyl groups excluding tert-OH is 1. The number of likely N-dealkylation sites (N-methyl/N-ethyl adjacent to an activating group) is 1. The first-order valence-electron chi connectivity index (χ1n) is 21.3. The average Bonchev–Trinajstić information content (AvgIpc) is 3.82. The van der Waals surface area contributed by atoms with E-state index in [1.165, 1.54) is 23.3 Å². The number of rotatable bonds is 19. The number of H-pyrrole nitrogens is 1. The summed E-state index contributed by atoms with van der Waals surface area (Å²) >= 11 is 0. The van der Waals surface area contributed by atoms with Crippen molar-refractivity contribution in [2.24, 2.45) is 11.8 Å². The fourth-order valence-electron chi connectivity index (χ4n) is 8.78. The first kappa shape index (κ1) is 42.6. The summed E-state index contributed by atoms with van der Waals surface area (Å²) in [5, 5.41) is 27.7. The molecule has 0 radical (unpaired) electrons. The van der Waals surface area contributed by atoms with E-state index in [-0.39, 0.29) is 36.0 Å². The first-order chi connectivity index (χ1) is 29.2. The monoisotopic (exact) mass is 815 g/mol. The number of ether oxygens (including phenoxy) is 2. The minimum absolute atomic E-state index is 0.0237. The molecule has 60 heavy (non-hydrogen) atoms. The lowest BCUT2D eigenvalue weighted by atomic mass is 10.0. The normalized spacial score (nSPS) is 18.0. The van der Waals surface area contributed by atoms with E-state index >= 15 is 0 Å². The molecule has 1 aliphatic carbocycles. The van der Waals surface area contributed by atoms with Gasteiger partial charge in [0.15, 0.2) is 0 Å². The third-order valence-corrected chi connectivity index (χ3v) is 11.9. The van der Waals surface area contributed by atoms with Gasteiger partial charge in [0.25, 0.3) is 0 Å². The molecule has 2 aliphatic rings. The summed E-state index contributed by atoms with van der Waals surface area (Å²) in [6.07, 6.45) is 2.55. The Hall–Kier alpha value is -5.53. The molecule has 12 heteroatoms. The van der Waals surface area contributed by atoms with Gasteiger partial charge >= 0.3 is 6.09 Å². The molecule has 0 spiro atoms. The SMILES string of the molecule is CCN(CCNC[C@H](O)c1ccc(O)c2[nH]c(=O)ccc12)C(=O)CCOCCc1cccc(CCN2CC3CC(OC(=O)Nc4ccccc4-c4ccccc4)CC3C2)c1. The Balaban J connectivity index is 0.756. The Bertz CT molecular complexity index is 2250. The number of nitrogens with zero attached hydrogens (tertiary/aromatic N) is 2. The Kier molecular flexibility index (Phi) is 14.6. The van der Waals surface area contributed by atoms with Crippen LogP contribution < -0.4 is 16.2 Å². The van der Waals surface area contributed by atoms with Gasteiger partial charge in [-0.3, -0.25) is 14.9 Å². The van der Waals surface area contributed by atoms with E-state index in [0.29, 0.717) is 67.6 Å². The smallest absolute Gasteiger partial charge is 0.411 e. The Labute approximate surface area is 351 Å². The summed E-state index contributed by atoms with van der Waals surface area (Å²) in [5.41, 5.74) is 5.86. The molecule has 3 atom stereocenters. The number of aromatic amines is 1. The summed E-state index contributed by atoms with van der Waals surface area (Å²) in [6.45, 7) is 7.73. The molecule has 2 fully saturated rings. The van der Waals surface area contributed by atoms with Crippen LogP contribution in [0.5, 0.6) is 5.75 Å². The molecular weight excluding hydrogens is 759 g/mol. The van der Waals surface area contributed by atoms with E-state index in [1.807, 2.05) is 61.5 Å². The van der Waals surface area contributed by atoms with Gasteiger partial charge in [0, 0.05) is 62.8 Å². The maximum Gasteiger partial charge on any atom is 0.411 e. The lowest BCUT2D eigenvalue weighted by Crippen LogP contribution is -2.38. The maximum atomic E-state index is 12.9. The number of anilines is 1. The molecule has 7 rings (SSSR count). The van der Waals surface area contributed by atoms with E-state index in [1.54, 1.807) is 17.0 Å². The van der Waals surface area contributed by atoms with Gasteiger partial charge in [0.05, 0.1) is 36.9 Å². The van der Waals surface area contributed by atoms with Crippen LogP contribution in [0.1, 0.15) is 49.0 Å². The molecule has 2 unspecified atom stereocenters. The molecule has 316 valence electrons. The average molecular weight is 816 g/mol. The molecule has 1 saturated carbocycles. The van der Waals surface area contributed by atoms with E-state index in [0.717, 1.165) is 62.1 Å². The highest BCUT2D eigenvalue weighted by Gasteiger charge is 2.42. The van der Waals surface area contributed by atoms with Crippen LogP contribution in [0.25, 0.3) is 22.0 Å². The van der Waals surface area contributed by atoms with Gasteiger partial charge in [-0.15, -0.1) is 0 Å². The van der Waals surface area contributed by atoms with Crippen LogP contribution in [0.2, 0.25) is 0 Å². The molecule has 5 aromatic rings. The fraction of sp³-hybridized carbons (Fsp3) is 0.396. The number of hydrogen-bond donors (Lipinski definition) is 5. The number of carbonyl (C=O) groups is 2. The second-order valence-corrected chi connectivity index (χ2v) is 16.0. The number of fused-ring (bicyclic) bond motifs is 2. The number of aliphatic hydroxyl groups is 1. The summed E-state index contributed by atoms with van der Waals surface area (Å²) < 4.78 is 11.8. The van der Waals surface area contributed by atoms with Crippen molar-refractivity contribution in [2.75, 3.05) is 64.3 Å². The molecule has 1 aliphatic heterocycles. The third kappa shape index (κ3) is 11.2. The van der Waals surface area contributed by atoms with Crippen LogP contribution in [0.3, 0.4) is 0 Å². The number of nitrogens with one attached hydrogen (secondary N) is 3. The van der Waals surface area contributed by atoms with Crippen molar-refractivity contribution in [2.45, 2.75) is 51.2 Å². The van der Waals surface area contributed by atoms with Gasteiger partial charge in [-0.2, -0.15) is 0 Å². The molecule has 2 heterocycles. The largest absolute Gasteiger partial charge is 0.506 e. The van der Waals surface area contributed by atoms with Crippen molar-refractivity contribution in [3.05, 3.63) is 130 Å². The molecule has 1 saturated heterocycles. The number of phenols is 1. The van der Waals surface area contributed by atoms with E-state index < -0.39 is 6.10 Å². The number of carbonyl (C=O) groups excluding carboxylic acids is 2. The number of likely N-dealkylation sites (tertiary alicyclic amines) is 1.